The van der Waals surface area contributed by atoms with Crippen molar-refractivity contribution in [3.63, 3.8) is 0 Å². The third-order valence-corrected chi connectivity index (χ3v) is 2.97. The third-order valence-electron chi connectivity index (χ3n) is 2.97. The van der Waals surface area contributed by atoms with Crippen LogP contribution in [0.15, 0.2) is 0 Å². The lowest BCUT2D eigenvalue weighted by molar-refractivity contribution is 0.240. The zero-order valence-electron chi connectivity index (χ0n) is 9.19. The van der Waals surface area contributed by atoms with Gasteiger partial charge in [-0.05, 0) is 30.7 Å². The standard InChI is InChI=1S/C11H25N/c1-5-7-10(3)8-11(4,6-2)9-12/h10H,5-9,12H2,1-4H3. The lowest BCUT2D eigenvalue weighted by atomic mass is 9.78. The summed E-state index contributed by atoms with van der Waals surface area (Å²) < 4.78 is 0. The maximum Gasteiger partial charge on any atom is -0.00232 e. The van der Waals surface area contributed by atoms with Gasteiger partial charge in [-0.15, -0.1) is 0 Å². The molecule has 0 heterocycles. The largest absolute Gasteiger partial charge is 0.330 e. The molecule has 0 rings (SSSR count). The Balaban J connectivity index is 3.84. The van der Waals surface area contributed by atoms with Gasteiger partial charge >= 0.3 is 0 Å². The Kier molecular flexibility index (Phi) is 5.56. The van der Waals surface area contributed by atoms with Gasteiger partial charge in [-0.1, -0.05) is 40.5 Å². The summed E-state index contributed by atoms with van der Waals surface area (Å²) in [5.74, 6) is 0.837. The normalized spacial score (nSPS) is 18.8. The Bertz CT molecular complexity index is 106. The van der Waals surface area contributed by atoms with Gasteiger partial charge in [-0.2, -0.15) is 0 Å². The van der Waals surface area contributed by atoms with Crippen molar-refractivity contribution < 1.29 is 0 Å². The van der Waals surface area contributed by atoms with Crippen LogP contribution in [-0.2, 0) is 0 Å². The van der Waals surface area contributed by atoms with E-state index in [9.17, 15) is 0 Å². The molecule has 0 amide bonds. The van der Waals surface area contributed by atoms with E-state index in [2.05, 4.69) is 27.7 Å². The summed E-state index contributed by atoms with van der Waals surface area (Å²) in [7, 11) is 0. The van der Waals surface area contributed by atoms with E-state index < -0.39 is 0 Å². The minimum Gasteiger partial charge on any atom is -0.330 e. The van der Waals surface area contributed by atoms with Gasteiger partial charge in [-0.25, -0.2) is 0 Å². The molecule has 0 aliphatic heterocycles. The fourth-order valence-corrected chi connectivity index (χ4v) is 1.81. The van der Waals surface area contributed by atoms with Crippen molar-refractivity contribution in [2.24, 2.45) is 17.1 Å². The molecular formula is C11H25N. The zero-order chi connectivity index (χ0) is 9.61. The van der Waals surface area contributed by atoms with Crippen LogP contribution in [0.1, 0.15) is 53.4 Å². The van der Waals surface area contributed by atoms with Gasteiger partial charge in [0.05, 0.1) is 0 Å². The van der Waals surface area contributed by atoms with Crippen molar-refractivity contribution in [2.45, 2.75) is 53.4 Å². The molecule has 0 radical (unpaired) electrons. The van der Waals surface area contributed by atoms with Crippen LogP contribution in [0, 0.1) is 11.3 Å². The average Bonchev–Trinajstić information content (AvgIpc) is 2.05. The molecule has 0 aromatic carbocycles. The highest BCUT2D eigenvalue weighted by Crippen LogP contribution is 2.30. The number of nitrogens with two attached hydrogens (primary N) is 1. The molecule has 12 heavy (non-hydrogen) atoms. The second-order valence-corrected chi connectivity index (χ2v) is 4.47. The quantitative estimate of drug-likeness (QED) is 0.652. The molecule has 1 heteroatoms. The molecule has 0 aliphatic carbocycles. The Morgan fingerprint density at radius 2 is 1.92 bits per heavy atom. The van der Waals surface area contributed by atoms with Gasteiger partial charge in [0, 0.05) is 0 Å². The third kappa shape index (κ3) is 4.10. The van der Waals surface area contributed by atoms with Crippen LogP contribution < -0.4 is 5.73 Å². The van der Waals surface area contributed by atoms with E-state index >= 15 is 0 Å². The summed E-state index contributed by atoms with van der Waals surface area (Å²) in [5.41, 5.74) is 6.15. The van der Waals surface area contributed by atoms with E-state index in [-0.39, 0.29) is 0 Å². The van der Waals surface area contributed by atoms with E-state index in [1.807, 2.05) is 0 Å². The fourth-order valence-electron chi connectivity index (χ4n) is 1.81. The molecule has 0 fully saturated rings. The first-order valence-electron chi connectivity index (χ1n) is 5.28. The lowest BCUT2D eigenvalue weighted by Gasteiger charge is -2.29. The monoisotopic (exact) mass is 171 g/mol. The smallest absolute Gasteiger partial charge is 0.00232 e. The van der Waals surface area contributed by atoms with Crippen LogP contribution >= 0.6 is 0 Å². The summed E-state index contributed by atoms with van der Waals surface area (Å²) in [4.78, 5) is 0. The van der Waals surface area contributed by atoms with Crippen LogP contribution in [0.3, 0.4) is 0 Å². The molecule has 0 aliphatic rings. The predicted molar refractivity (Wildman–Crippen MR) is 56.1 cm³/mol. The van der Waals surface area contributed by atoms with Gasteiger partial charge in [0.2, 0.25) is 0 Å². The first kappa shape index (κ1) is 12.0. The van der Waals surface area contributed by atoms with Crippen LogP contribution in [-0.4, -0.2) is 6.54 Å². The van der Waals surface area contributed by atoms with E-state index in [0.717, 1.165) is 12.5 Å². The van der Waals surface area contributed by atoms with Crippen molar-refractivity contribution in [1.82, 2.24) is 0 Å². The van der Waals surface area contributed by atoms with E-state index in [1.165, 1.54) is 25.7 Å². The predicted octanol–water partition coefficient (Wildman–Crippen LogP) is 3.19. The summed E-state index contributed by atoms with van der Waals surface area (Å²) in [6.07, 6.45) is 5.13. The van der Waals surface area contributed by atoms with Crippen LogP contribution in [0.2, 0.25) is 0 Å². The minimum absolute atomic E-state index is 0.384. The molecule has 0 bridgehead atoms. The Morgan fingerprint density at radius 1 is 1.33 bits per heavy atom. The zero-order valence-corrected chi connectivity index (χ0v) is 9.19. The highest BCUT2D eigenvalue weighted by molar-refractivity contribution is 4.75. The lowest BCUT2D eigenvalue weighted by Crippen LogP contribution is -2.28. The maximum atomic E-state index is 5.76. The molecular weight excluding hydrogens is 146 g/mol. The Labute approximate surface area is 77.7 Å². The first-order chi connectivity index (χ1) is 5.58. The van der Waals surface area contributed by atoms with E-state index in [4.69, 9.17) is 5.73 Å². The van der Waals surface area contributed by atoms with Crippen molar-refractivity contribution in [3.05, 3.63) is 0 Å². The summed E-state index contributed by atoms with van der Waals surface area (Å²) in [5, 5.41) is 0. The van der Waals surface area contributed by atoms with Gasteiger partial charge in [-0.3, -0.25) is 0 Å². The number of hydrogen-bond acceptors (Lipinski definition) is 1. The molecule has 0 saturated heterocycles. The van der Waals surface area contributed by atoms with Gasteiger partial charge < -0.3 is 5.73 Å². The minimum atomic E-state index is 0.384. The molecule has 1 nitrogen and oxygen atoms in total. The summed E-state index contributed by atoms with van der Waals surface area (Å²) in [6.45, 7) is 9.97. The van der Waals surface area contributed by atoms with Crippen LogP contribution in [0.25, 0.3) is 0 Å². The molecule has 0 aromatic heterocycles. The van der Waals surface area contributed by atoms with Crippen LogP contribution in [0.4, 0.5) is 0 Å². The number of hydrogen-bond donors (Lipinski definition) is 1. The van der Waals surface area contributed by atoms with Gasteiger partial charge in [0.25, 0.3) is 0 Å². The second kappa shape index (κ2) is 5.58. The van der Waals surface area contributed by atoms with E-state index in [0.29, 0.717) is 5.41 Å². The molecule has 74 valence electrons. The summed E-state index contributed by atoms with van der Waals surface area (Å²) >= 11 is 0. The average molecular weight is 171 g/mol. The van der Waals surface area contributed by atoms with E-state index in [1.54, 1.807) is 0 Å². The molecule has 2 N–H and O–H groups in total. The first-order valence-corrected chi connectivity index (χ1v) is 5.28. The van der Waals surface area contributed by atoms with Crippen molar-refractivity contribution >= 4 is 0 Å². The van der Waals surface area contributed by atoms with Gasteiger partial charge in [0.1, 0.15) is 0 Å². The molecule has 2 atom stereocenters. The topological polar surface area (TPSA) is 26.0 Å². The Hall–Kier alpha value is -0.0400. The van der Waals surface area contributed by atoms with Gasteiger partial charge in [0.15, 0.2) is 0 Å². The van der Waals surface area contributed by atoms with Crippen molar-refractivity contribution in [2.75, 3.05) is 6.54 Å². The molecule has 0 spiro atoms. The van der Waals surface area contributed by atoms with Crippen molar-refractivity contribution in [1.29, 1.82) is 0 Å². The molecule has 0 aromatic rings. The number of rotatable bonds is 6. The second-order valence-electron chi connectivity index (χ2n) is 4.47. The highest BCUT2D eigenvalue weighted by Gasteiger charge is 2.22. The van der Waals surface area contributed by atoms with Crippen molar-refractivity contribution in [3.8, 4) is 0 Å². The SMILES string of the molecule is CCCC(C)CC(C)(CC)CN. The van der Waals surface area contributed by atoms with Crippen LogP contribution in [0.5, 0.6) is 0 Å². The Morgan fingerprint density at radius 3 is 2.25 bits per heavy atom. The molecule has 0 saturated carbocycles. The fraction of sp³-hybridized carbons (Fsp3) is 1.00. The highest BCUT2D eigenvalue weighted by atomic mass is 14.6. The summed E-state index contributed by atoms with van der Waals surface area (Å²) in [6, 6.07) is 0. The maximum absolute atomic E-state index is 5.76. The molecule has 2 unspecified atom stereocenters.